The van der Waals surface area contributed by atoms with Gasteiger partial charge in [-0.15, -0.1) is 0 Å². The molecular formula is C23H26N2O. The predicted molar refractivity (Wildman–Crippen MR) is 107 cm³/mol. The van der Waals surface area contributed by atoms with Gasteiger partial charge in [-0.25, -0.2) is 0 Å². The van der Waals surface area contributed by atoms with Crippen molar-refractivity contribution in [1.82, 2.24) is 9.88 Å². The van der Waals surface area contributed by atoms with E-state index in [1.807, 2.05) is 17.0 Å². The summed E-state index contributed by atoms with van der Waals surface area (Å²) in [5, 5.41) is 1.30. The maximum absolute atomic E-state index is 13.0. The first-order valence-electron chi connectivity index (χ1n) is 9.42. The standard InChI is InChI=1S/C23H26N2O/c1-23(2,3)17-10-8-16(9-11-17)22(26)25-14-12-19-18-6-4-5-7-20(18)24-21(19)13-15-25/h4-11,24H,12-15H2,1-3H3. The number of aromatic amines is 1. The topological polar surface area (TPSA) is 36.1 Å². The number of H-pyrrole nitrogens is 1. The molecular weight excluding hydrogens is 320 g/mol. The Bertz CT molecular complexity index is 944. The number of nitrogens with zero attached hydrogens (tertiary/aromatic N) is 1. The Morgan fingerprint density at radius 1 is 0.962 bits per heavy atom. The lowest BCUT2D eigenvalue weighted by Crippen LogP contribution is -2.33. The molecule has 3 nitrogen and oxygen atoms in total. The van der Waals surface area contributed by atoms with Crippen molar-refractivity contribution in [2.75, 3.05) is 13.1 Å². The van der Waals surface area contributed by atoms with E-state index in [2.05, 4.69) is 62.2 Å². The number of rotatable bonds is 1. The smallest absolute Gasteiger partial charge is 0.253 e. The summed E-state index contributed by atoms with van der Waals surface area (Å²) >= 11 is 0. The van der Waals surface area contributed by atoms with E-state index in [1.54, 1.807) is 0 Å². The fourth-order valence-corrected chi connectivity index (χ4v) is 3.86. The molecule has 0 saturated heterocycles. The lowest BCUT2D eigenvalue weighted by atomic mass is 9.86. The first kappa shape index (κ1) is 16.9. The van der Waals surface area contributed by atoms with Gasteiger partial charge >= 0.3 is 0 Å². The van der Waals surface area contributed by atoms with Crippen molar-refractivity contribution in [2.45, 2.75) is 39.0 Å². The zero-order chi connectivity index (χ0) is 18.3. The van der Waals surface area contributed by atoms with Gasteiger partial charge in [-0.1, -0.05) is 51.1 Å². The molecule has 134 valence electrons. The third kappa shape index (κ3) is 3.03. The average Bonchev–Trinajstić information content (AvgIpc) is 2.85. The number of carbonyl (C=O) groups excluding carboxylic acids is 1. The molecule has 26 heavy (non-hydrogen) atoms. The molecule has 2 heterocycles. The van der Waals surface area contributed by atoms with Crippen molar-refractivity contribution >= 4 is 16.8 Å². The molecule has 1 aromatic heterocycles. The average molecular weight is 346 g/mol. The normalized spacial score (nSPS) is 15.0. The van der Waals surface area contributed by atoms with Gasteiger partial charge in [-0.05, 0) is 41.2 Å². The number of benzene rings is 2. The van der Waals surface area contributed by atoms with Crippen molar-refractivity contribution in [1.29, 1.82) is 0 Å². The fourth-order valence-electron chi connectivity index (χ4n) is 3.86. The van der Waals surface area contributed by atoms with Crippen LogP contribution in [-0.4, -0.2) is 28.9 Å². The summed E-state index contributed by atoms with van der Waals surface area (Å²) in [6, 6.07) is 16.6. The number of carbonyl (C=O) groups is 1. The molecule has 0 unspecified atom stereocenters. The molecule has 2 aromatic carbocycles. The molecule has 3 heteroatoms. The van der Waals surface area contributed by atoms with Crippen LogP contribution in [0, 0.1) is 0 Å². The number of aromatic nitrogens is 1. The molecule has 0 radical (unpaired) electrons. The maximum Gasteiger partial charge on any atom is 0.253 e. The van der Waals surface area contributed by atoms with Crippen molar-refractivity contribution < 1.29 is 4.79 Å². The van der Waals surface area contributed by atoms with E-state index in [0.29, 0.717) is 0 Å². The van der Waals surface area contributed by atoms with Crippen LogP contribution in [-0.2, 0) is 18.3 Å². The SMILES string of the molecule is CC(C)(C)c1ccc(C(=O)N2CCc3[nH]c4ccccc4c3CC2)cc1. The summed E-state index contributed by atoms with van der Waals surface area (Å²) in [6.07, 6.45) is 1.79. The number of para-hydroxylation sites is 1. The van der Waals surface area contributed by atoms with Crippen LogP contribution in [0.4, 0.5) is 0 Å². The minimum absolute atomic E-state index is 0.105. The van der Waals surface area contributed by atoms with E-state index in [0.717, 1.165) is 31.5 Å². The third-order valence-electron chi connectivity index (χ3n) is 5.45. The lowest BCUT2D eigenvalue weighted by molar-refractivity contribution is 0.0763. The van der Waals surface area contributed by atoms with Gasteiger partial charge in [-0.2, -0.15) is 0 Å². The Hall–Kier alpha value is -2.55. The van der Waals surface area contributed by atoms with Crippen LogP contribution in [0.15, 0.2) is 48.5 Å². The van der Waals surface area contributed by atoms with Gasteiger partial charge in [0.2, 0.25) is 0 Å². The number of nitrogens with one attached hydrogen (secondary N) is 1. The molecule has 0 saturated carbocycles. The quantitative estimate of drug-likeness (QED) is 0.681. The van der Waals surface area contributed by atoms with E-state index in [9.17, 15) is 4.79 Å². The van der Waals surface area contributed by atoms with Gasteiger partial charge in [0.1, 0.15) is 0 Å². The molecule has 0 spiro atoms. The van der Waals surface area contributed by atoms with Crippen LogP contribution in [0.1, 0.15) is 48.0 Å². The third-order valence-corrected chi connectivity index (χ3v) is 5.45. The van der Waals surface area contributed by atoms with E-state index >= 15 is 0 Å². The highest BCUT2D eigenvalue weighted by atomic mass is 16.2. The minimum atomic E-state index is 0.105. The molecule has 0 fully saturated rings. The van der Waals surface area contributed by atoms with E-state index in [4.69, 9.17) is 0 Å². The monoisotopic (exact) mass is 346 g/mol. The summed E-state index contributed by atoms with van der Waals surface area (Å²) in [7, 11) is 0. The number of fused-ring (bicyclic) bond motifs is 3. The molecule has 1 N–H and O–H groups in total. The summed E-state index contributed by atoms with van der Waals surface area (Å²) in [6.45, 7) is 8.11. The first-order chi connectivity index (χ1) is 12.4. The van der Waals surface area contributed by atoms with Crippen LogP contribution in [0.5, 0.6) is 0 Å². The molecule has 0 bridgehead atoms. The van der Waals surface area contributed by atoms with E-state index < -0.39 is 0 Å². The molecule has 0 aliphatic carbocycles. The number of hydrogen-bond donors (Lipinski definition) is 1. The number of amides is 1. The second-order valence-corrected chi connectivity index (χ2v) is 8.25. The Morgan fingerprint density at radius 2 is 1.65 bits per heavy atom. The van der Waals surface area contributed by atoms with Crippen LogP contribution < -0.4 is 0 Å². The Kier molecular flexibility index (Phi) is 4.10. The van der Waals surface area contributed by atoms with Crippen molar-refractivity contribution in [3.05, 3.63) is 70.9 Å². The second-order valence-electron chi connectivity index (χ2n) is 8.25. The van der Waals surface area contributed by atoms with Gasteiger partial charge in [0.05, 0.1) is 0 Å². The predicted octanol–water partition coefficient (Wildman–Crippen LogP) is 4.71. The fraction of sp³-hybridized carbons (Fsp3) is 0.348. The van der Waals surface area contributed by atoms with Crippen molar-refractivity contribution in [2.24, 2.45) is 0 Å². The van der Waals surface area contributed by atoms with Gasteiger partial charge < -0.3 is 9.88 Å². The van der Waals surface area contributed by atoms with Gasteiger partial charge in [0.25, 0.3) is 5.91 Å². The van der Waals surface area contributed by atoms with E-state index in [1.165, 1.54) is 27.7 Å². The summed E-state index contributed by atoms with van der Waals surface area (Å²) < 4.78 is 0. The Balaban J connectivity index is 1.53. The molecule has 4 rings (SSSR count). The summed E-state index contributed by atoms with van der Waals surface area (Å²) in [5.41, 5.74) is 6.01. The highest BCUT2D eigenvalue weighted by Gasteiger charge is 2.22. The van der Waals surface area contributed by atoms with Gasteiger partial charge in [0, 0.05) is 41.7 Å². The Morgan fingerprint density at radius 3 is 2.38 bits per heavy atom. The highest BCUT2D eigenvalue weighted by Crippen LogP contribution is 2.27. The molecule has 1 aliphatic rings. The highest BCUT2D eigenvalue weighted by molar-refractivity contribution is 5.94. The van der Waals surface area contributed by atoms with Crippen molar-refractivity contribution in [3.8, 4) is 0 Å². The van der Waals surface area contributed by atoms with E-state index in [-0.39, 0.29) is 11.3 Å². The van der Waals surface area contributed by atoms with Crippen LogP contribution in [0.2, 0.25) is 0 Å². The largest absolute Gasteiger partial charge is 0.358 e. The maximum atomic E-state index is 13.0. The van der Waals surface area contributed by atoms with Gasteiger partial charge in [-0.3, -0.25) is 4.79 Å². The Labute approximate surface area is 155 Å². The molecule has 1 aliphatic heterocycles. The second kappa shape index (κ2) is 6.31. The van der Waals surface area contributed by atoms with Crippen molar-refractivity contribution in [3.63, 3.8) is 0 Å². The molecule has 1 amide bonds. The van der Waals surface area contributed by atoms with Crippen LogP contribution in [0.25, 0.3) is 10.9 Å². The first-order valence-corrected chi connectivity index (χ1v) is 9.42. The van der Waals surface area contributed by atoms with Crippen LogP contribution >= 0.6 is 0 Å². The summed E-state index contributed by atoms with van der Waals surface area (Å²) in [4.78, 5) is 18.5. The molecule has 3 aromatic rings. The zero-order valence-electron chi connectivity index (χ0n) is 15.8. The zero-order valence-corrected chi connectivity index (χ0v) is 15.8. The summed E-state index contributed by atoms with van der Waals surface area (Å²) in [5.74, 6) is 0.139. The number of hydrogen-bond acceptors (Lipinski definition) is 1. The minimum Gasteiger partial charge on any atom is -0.358 e. The van der Waals surface area contributed by atoms with Crippen LogP contribution in [0.3, 0.4) is 0 Å². The molecule has 0 atom stereocenters. The lowest BCUT2D eigenvalue weighted by Gasteiger charge is -2.22. The van der Waals surface area contributed by atoms with Gasteiger partial charge in [0.15, 0.2) is 0 Å².